The fraction of sp³-hybridized carbons (Fsp3) is 0.143. The summed E-state index contributed by atoms with van der Waals surface area (Å²) in [6, 6.07) is 34.4. The van der Waals surface area contributed by atoms with Gasteiger partial charge in [0, 0.05) is 0 Å². The summed E-state index contributed by atoms with van der Waals surface area (Å²) in [6.07, 6.45) is 1.75. The fourth-order valence-corrected chi connectivity index (χ4v) is 3.73. The Morgan fingerprint density at radius 2 is 0.765 bits per heavy atom. The molecule has 6 heteroatoms. The summed E-state index contributed by atoms with van der Waals surface area (Å²) in [5.74, 6) is 1.58. The standard InChI is InChI=1S/C28H28B2O4/c31-29(23-9-3-1-4-10-23)25-13-17-27(18-14-25)33-21-7-8-22-34-28-19-15-26(16-20-28)30(32)24-11-5-2-6-12-24/h1-6,9-20,31-32H,7-8,21-22H2. The Hall–Kier alpha value is -3.47. The first kappa shape index (κ1) is 23.7. The summed E-state index contributed by atoms with van der Waals surface area (Å²) in [7, 11) is 0. The minimum atomic E-state index is -0.636. The molecule has 0 saturated heterocycles. The molecule has 0 unspecified atom stereocenters. The molecule has 4 nitrogen and oxygen atoms in total. The second-order valence-electron chi connectivity index (χ2n) is 8.17. The van der Waals surface area contributed by atoms with Crippen LogP contribution in [0.3, 0.4) is 0 Å². The number of ether oxygens (including phenoxy) is 2. The van der Waals surface area contributed by atoms with Gasteiger partial charge in [0.2, 0.25) is 0 Å². The van der Waals surface area contributed by atoms with Crippen molar-refractivity contribution in [2.75, 3.05) is 13.2 Å². The van der Waals surface area contributed by atoms with E-state index in [9.17, 15) is 10.0 Å². The lowest BCUT2D eigenvalue weighted by Gasteiger charge is -2.11. The predicted molar refractivity (Wildman–Crippen MR) is 140 cm³/mol. The van der Waals surface area contributed by atoms with Crippen LogP contribution in [0.4, 0.5) is 0 Å². The fourth-order valence-electron chi connectivity index (χ4n) is 3.73. The van der Waals surface area contributed by atoms with Crippen molar-refractivity contribution in [3.63, 3.8) is 0 Å². The minimum Gasteiger partial charge on any atom is -0.494 e. The molecule has 0 aliphatic heterocycles. The molecule has 0 saturated carbocycles. The molecule has 4 rings (SSSR count). The Morgan fingerprint density at radius 3 is 1.12 bits per heavy atom. The topological polar surface area (TPSA) is 58.9 Å². The summed E-state index contributed by atoms with van der Waals surface area (Å²) >= 11 is 0. The van der Waals surface area contributed by atoms with Gasteiger partial charge in [-0.25, -0.2) is 0 Å². The van der Waals surface area contributed by atoms with E-state index >= 15 is 0 Å². The Kier molecular flexibility index (Phi) is 8.44. The van der Waals surface area contributed by atoms with Gasteiger partial charge in [0.15, 0.2) is 0 Å². The quantitative estimate of drug-likeness (QED) is 0.272. The van der Waals surface area contributed by atoms with Gasteiger partial charge in [-0.05, 0) is 59.0 Å². The molecule has 34 heavy (non-hydrogen) atoms. The normalized spacial score (nSPS) is 10.5. The van der Waals surface area contributed by atoms with Crippen molar-refractivity contribution < 1.29 is 19.5 Å². The Balaban J connectivity index is 1.15. The smallest absolute Gasteiger partial charge is 0.358 e. The molecular formula is C28H28B2O4. The molecule has 0 amide bonds. The van der Waals surface area contributed by atoms with E-state index in [2.05, 4.69) is 0 Å². The highest BCUT2D eigenvalue weighted by molar-refractivity contribution is 6.79. The van der Waals surface area contributed by atoms with Gasteiger partial charge in [-0.15, -0.1) is 0 Å². The first-order valence-electron chi connectivity index (χ1n) is 11.6. The summed E-state index contributed by atoms with van der Waals surface area (Å²) in [6.45, 7) is -0.0654. The van der Waals surface area contributed by atoms with Crippen LogP contribution in [0.1, 0.15) is 12.8 Å². The van der Waals surface area contributed by atoms with Crippen LogP contribution in [-0.4, -0.2) is 37.1 Å². The molecule has 4 aromatic carbocycles. The monoisotopic (exact) mass is 450 g/mol. The predicted octanol–water partition coefficient (Wildman–Crippen LogP) is 2.12. The zero-order chi connectivity index (χ0) is 23.6. The van der Waals surface area contributed by atoms with E-state index < -0.39 is 13.8 Å². The minimum absolute atomic E-state index is 0.603. The second kappa shape index (κ2) is 12.1. The molecule has 0 radical (unpaired) electrons. The Bertz CT molecular complexity index is 1030. The van der Waals surface area contributed by atoms with Crippen molar-refractivity contribution in [2.24, 2.45) is 0 Å². The summed E-state index contributed by atoms with van der Waals surface area (Å²) < 4.78 is 11.6. The lowest BCUT2D eigenvalue weighted by molar-refractivity contribution is 0.266. The first-order valence-corrected chi connectivity index (χ1v) is 11.6. The Morgan fingerprint density at radius 1 is 0.441 bits per heavy atom. The molecule has 4 aromatic rings. The van der Waals surface area contributed by atoms with E-state index in [0.717, 1.165) is 46.2 Å². The molecule has 0 aromatic heterocycles. The van der Waals surface area contributed by atoms with Gasteiger partial charge in [0.25, 0.3) is 0 Å². The molecule has 0 fully saturated rings. The molecular weight excluding hydrogens is 422 g/mol. The highest BCUT2D eigenvalue weighted by Crippen LogP contribution is 2.11. The van der Waals surface area contributed by atoms with Crippen molar-refractivity contribution in [1.29, 1.82) is 0 Å². The number of hydrogen-bond acceptors (Lipinski definition) is 4. The second-order valence-corrected chi connectivity index (χ2v) is 8.17. The van der Waals surface area contributed by atoms with Gasteiger partial charge in [-0.3, -0.25) is 0 Å². The van der Waals surface area contributed by atoms with E-state index in [4.69, 9.17) is 9.47 Å². The van der Waals surface area contributed by atoms with E-state index in [1.165, 1.54) is 0 Å². The van der Waals surface area contributed by atoms with E-state index in [1.807, 2.05) is 109 Å². The molecule has 0 spiro atoms. The third kappa shape index (κ3) is 6.53. The summed E-state index contributed by atoms with van der Waals surface area (Å²) in [5.41, 5.74) is 3.43. The molecule has 2 N–H and O–H groups in total. The summed E-state index contributed by atoms with van der Waals surface area (Å²) in [4.78, 5) is 0. The van der Waals surface area contributed by atoms with Crippen LogP contribution in [-0.2, 0) is 0 Å². The van der Waals surface area contributed by atoms with E-state index in [1.54, 1.807) is 0 Å². The maximum absolute atomic E-state index is 10.5. The van der Waals surface area contributed by atoms with Crippen LogP contribution >= 0.6 is 0 Å². The SMILES string of the molecule is OB(c1ccccc1)c1ccc(OCCCCOc2ccc(B(O)c3ccccc3)cc2)cc1. The van der Waals surface area contributed by atoms with Crippen LogP contribution in [0.25, 0.3) is 0 Å². The average Bonchev–Trinajstić information content (AvgIpc) is 2.91. The molecule has 170 valence electrons. The molecule has 0 atom stereocenters. The lowest BCUT2D eigenvalue weighted by Crippen LogP contribution is -2.42. The number of benzene rings is 4. The van der Waals surface area contributed by atoms with Gasteiger partial charge in [-0.2, -0.15) is 0 Å². The molecule has 0 bridgehead atoms. The highest BCUT2D eigenvalue weighted by atomic mass is 16.5. The Labute approximate surface area is 202 Å². The van der Waals surface area contributed by atoms with Crippen LogP contribution < -0.4 is 31.3 Å². The van der Waals surface area contributed by atoms with Crippen LogP contribution in [0.2, 0.25) is 0 Å². The van der Waals surface area contributed by atoms with Crippen molar-refractivity contribution in [2.45, 2.75) is 12.8 Å². The van der Waals surface area contributed by atoms with Crippen molar-refractivity contribution in [1.82, 2.24) is 0 Å². The van der Waals surface area contributed by atoms with Crippen LogP contribution in [0, 0.1) is 0 Å². The van der Waals surface area contributed by atoms with Gasteiger partial charge >= 0.3 is 13.8 Å². The molecule has 0 heterocycles. The largest absolute Gasteiger partial charge is 0.494 e. The first-order chi connectivity index (χ1) is 16.7. The highest BCUT2D eigenvalue weighted by Gasteiger charge is 2.17. The zero-order valence-corrected chi connectivity index (χ0v) is 19.1. The number of rotatable bonds is 11. The third-order valence-corrected chi connectivity index (χ3v) is 5.70. The van der Waals surface area contributed by atoms with Crippen molar-refractivity contribution >= 4 is 35.7 Å². The molecule has 0 aliphatic carbocycles. The van der Waals surface area contributed by atoms with Crippen LogP contribution in [0.15, 0.2) is 109 Å². The van der Waals surface area contributed by atoms with Crippen LogP contribution in [0.5, 0.6) is 11.5 Å². The number of unbranched alkanes of at least 4 members (excludes halogenated alkanes) is 1. The van der Waals surface area contributed by atoms with E-state index in [-0.39, 0.29) is 0 Å². The van der Waals surface area contributed by atoms with Gasteiger partial charge < -0.3 is 19.5 Å². The van der Waals surface area contributed by atoms with Gasteiger partial charge in [-0.1, -0.05) is 84.9 Å². The van der Waals surface area contributed by atoms with E-state index in [0.29, 0.717) is 13.2 Å². The van der Waals surface area contributed by atoms with Gasteiger partial charge in [0.1, 0.15) is 11.5 Å². The van der Waals surface area contributed by atoms with Crippen molar-refractivity contribution in [3.8, 4) is 11.5 Å². The third-order valence-electron chi connectivity index (χ3n) is 5.70. The van der Waals surface area contributed by atoms with Crippen molar-refractivity contribution in [3.05, 3.63) is 109 Å². The number of hydrogen-bond donors (Lipinski definition) is 2. The zero-order valence-electron chi connectivity index (χ0n) is 19.1. The summed E-state index contributed by atoms with van der Waals surface area (Å²) in [5, 5.41) is 21.0. The average molecular weight is 450 g/mol. The van der Waals surface area contributed by atoms with Gasteiger partial charge in [0.05, 0.1) is 13.2 Å². The maximum atomic E-state index is 10.5. The molecule has 0 aliphatic rings. The lowest BCUT2D eigenvalue weighted by atomic mass is 9.56. The maximum Gasteiger partial charge on any atom is 0.358 e.